The van der Waals surface area contributed by atoms with Gasteiger partial charge in [0.2, 0.25) is 0 Å². The van der Waals surface area contributed by atoms with E-state index in [4.69, 9.17) is 4.74 Å². The number of nitriles is 1. The standard InChI is InChI=1S/C26H34BF3N4O5/c1-26(2,33-14-21(29)22(30)15-33)12-18(13-31)24(35)34-10-4-3-5-20(34)16-39-25(36)32-23(27(37)38)11-17-6-8-19(28)9-7-17/h6-9,12,20-23,37-38H,3-5,10-11,14-16H2,1-2H3,(H,32,36)/t20?,21-,22+,23-/m0/s1. The van der Waals surface area contributed by atoms with Gasteiger partial charge in [0.1, 0.15) is 36.4 Å². The summed E-state index contributed by atoms with van der Waals surface area (Å²) in [5.41, 5.74) is -0.550. The fraction of sp³-hybridized carbons (Fsp3) is 0.577. The summed E-state index contributed by atoms with van der Waals surface area (Å²) >= 11 is 0. The Hall–Kier alpha value is -3.08. The van der Waals surface area contributed by atoms with Crippen molar-refractivity contribution in [3.63, 3.8) is 0 Å². The zero-order valence-electron chi connectivity index (χ0n) is 22.0. The Morgan fingerprint density at radius 3 is 2.46 bits per heavy atom. The first-order valence-corrected chi connectivity index (χ1v) is 12.9. The second kappa shape index (κ2) is 13.3. The number of carbonyl (C=O) groups excluding carboxylic acids is 2. The van der Waals surface area contributed by atoms with Gasteiger partial charge in [-0.15, -0.1) is 0 Å². The number of piperidine rings is 1. The molecule has 2 aliphatic rings. The van der Waals surface area contributed by atoms with Crippen LogP contribution in [0.2, 0.25) is 0 Å². The molecule has 0 aromatic heterocycles. The lowest BCUT2D eigenvalue weighted by atomic mass is 9.76. The van der Waals surface area contributed by atoms with E-state index < -0.39 is 54.8 Å². The van der Waals surface area contributed by atoms with E-state index in [1.54, 1.807) is 18.7 Å². The molecule has 1 aromatic rings. The highest BCUT2D eigenvalue weighted by molar-refractivity contribution is 6.43. The molecule has 3 N–H and O–H groups in total. The SMILES string of the molecule is CC(C)(C=C(C#N)C(=O)N1CCCCC1COC(=O)N[C@@H](Cc1ccc(F)cc1)B(O)O)N1C[C@@H](F)[C@@H](F)C1. The van der Waals surface area contributed by atoms with E-state index in [0.29, 0.717) is 24.9 Å². The molecule has 0 radical (unpaired) electrons. The Kier molecular flexibility index (Phi) is 10.4. The maximum Gasteiger partial charge on any atom is 0.475 e. The first kappa shape index (κ1) is 30.5. The summed E-state index contributed by atoms with van der Waals surface area (Å²) in [6.45, 7) is 3.22. The van der Waals surface area contributed by atoms with Crippen LogP contribution in [-0.2, 0) is 16.0 Å². The van der Waals surface area contributed by atoms with E-state index in [1.165, 1.54) is 35.2 Å². The molecule has 2 aliphatic heterocycles. The molecule has 212 valence electrons. The number of ether oxygens (including phenoxy) is 1. The predicted molar refractivity (Wildman–Crippen MR) is 137 cm³/mol. The van der Waals surface area contributed by atoms with Crippen LogP contribution in [0.4, 0.5) is 18.0 Å². The number of carbonyl (C=O) groups is 2. The minimum atomic E-state index is -1.90. The van der Waals surface area contributed by atoms with E-state index in [0.717, 1.165) is 6.42 Å². The van der Waals surface area contributed by atoms with Crippen LogP contribution >= 0.6 is 0 Å². The lowest BCUT2D eigenvalue weighted by molar-refractivity contribution is -0.131. The number of likely N-dealkylation sites (tertiary alicyclic amines) is 2. The minimum absolute atomic E-state index is 0.0104. The van der Waals surface area contributed by atoms with E-state index in [1.807, 2.05) is 6.07 Å². The number of hydrogen-bond donors (Lipinski definition) is 3. The minimum Gasteiger partial charge on any atom is -0.447 e. The molecular formula is C26H34BF3N4O5. The Bertz CT molecular complexity index is 1070. The van der Waals surface area contributed by atoms with E-state index in [2.05, 4.69) is 5.32 Å². The first-order valence-electron chi connectivity index (χ1n) is 12.9. The molecule has 2 fully saturated rings. The van der Waals surface area contributed by atoms with Gasteiger partial charge in [-0.25, -0.2) is 18.0 Å². The summed E-state index contributed by atoms with van der Waals surface area (Å²) < 4.78 is 45.9. The highest BCUT2D eigenvalue weighted by Crippen LogP contribution is 2.28. The van der Waals surface area contributed by atoms with E-state index in [9.17, 15) is 38.1 Å². The van der Waals surface area contributed by atoms with Crippen molar-refractivity contribution in [3.05, 3.63) is 47.3 Å². The van der Waals surface area contributed by atoms with E-state index >= 15 is 0 Å². The number of nitrogens with one attached hydrogen (secondary N) is 1. The van der Waals surface area contributed by atoms with Gasteiger partial charge in [-0.3, -0.25) is 9.69 Å². The molecule has 1 unspecified atom stereocenters. The summed E-state index contributed by atoms with van der Waals surface area (Å²) in [7, 11) is -1.90. The molecule has 4 atom stereocenters. The van der Waals surface area contributed by atoms with Gasteiger partial charge in [-0.1, -0.05) is 12.1 Å². The number of rotatable bonds is 9. The summed E-state index contributed by atoms with van der Waals surface area (Å²) in [4.78, 5) is 28.8. The molecule has 9 nitrogen and oxygen atoms in total. The van der Waals surface area contributed by atoms with Crippen molar-refractivity contribution in [2.24, 2.45) is 0 Å². The third-order valence-corrected chi connectivity index (χ3v) is 7.17. The maximum atomic E-state index is 13.7. The Labute approximate surface area is 226 Å². The zero-order chi connectivity index (χ0) is 28.7. The van der Waals surface area contributed by atoms with Crippen LogP contribution in [0, 0.1) is 17.1 Å². The topological polar surface area (TPSA) is 126 Å². The lowest BCUT2D eigenvalue weighted by Gasteiger charge is -2.36. The summed E-state index contributed by atoms with van der Waals surface area (Å²) in [5, 5.41) is 31.5. The molecule has 3 rings (SSSR count). The van der Waals surface area contributed by atoms with Crippen LogP contribution in [0.3, 0.4) is 0 Å². The molecule has 0 aliphatic carbocycles. The van der Waals surface area contributed by atoms with Crippen LogP contribution in [0.1, 0.15) is 38.7 Å². The molecule has 0 saturated carbocycles. The van der Waals surface area contributed by atoms with Gasteiger partial charge < -0.3 is 25.0 Å². The van der Waals surface area contributed by atoms with Crippen molar-refractivity contribution < 1.29 is 37.5 Å². The molecule has 0 bridgehead atoms. The number of alkyl halides is 2. The largest absolute Gasteiger partial charge is 0.475 e. The normalized spacial score (nSPS) is 23.2. The van der Waals surface area contributed by atoms with Crippen LogP contribution in [-0.4, -0.2) is 95.1 Å². The van der Waals surface area contributed by atoms with Crippen molar-refractivity contribution in [3.8, 4) is 6.07 Å². The number of alkyl carbamates (subject to hydrolysis) is 1. The average Bonchev–Trinajstić information content (AvgIpc) is 3.25. The van der Waals surface area contributed by atoms with Crippen LogP contribution in [0.25, 0.3) is 0 Å². The van der Waals surface area contributed by atoms with E-state index in [-0.39, 0.29) is 31.7 Å². The van der Waals surface area contributed by atoms with Gasteiger partial charge in [-0.2, -0.15) is 5.26 Å². The molecule has 2 amide bonds. The highest BCUT2D eigenvalue weighted by atomic mass is 19.2. The number of hydrogen-bond acceptors (Lipinski definition) is 7. The number of amides is 2. The highest BCUT2D eigenvalue weighted by Gasteiger charge is 2.40. The van der Waals surface area contributed by atoms with Crippen molar-refractivity contribution in [1.82, 2.24) is 15.1 Å². The van der Waals surface area contributed by atoms with Gasteiger partial charge in [0.05, 0.1) is 12.0 Å². The van der Waals surface area contributed by atoms with Crippen LogP contribution in [0.15, 0.2) is 35.9 Å². The van der Waals surface area contributed by atoms with Crippen molar-refractivity contribution in [2.45, 2.75) is 69.4 Å². The second-order valence-corrected chi connectivity index (χ2v) is 10.5. The molecule has 13 heteroatoms. The zero-order valence-corrected chi connectivity index (χ0v) is 22.0. The number of nitrogens with zero attached hydrogens (tertiary/aromatic N) is 3. The Balaban J connectivity index is 1.62. The lowest BCUT2D eigenvalue weighted by Crippen LogP contribution is -2.50. The Morgan fingerprint density at radius 1 is 1.23 bits per heavy atom. The van der Waals surface area contributed by atoms with Crippen molar-refractivity contribution in [1.29, 1.82) is 5.26 Å². The second-order valence-electron chi connectivity index (χ2n) is 10.5. The molecule has 39 heavy (non-hydrogen) atoms. The van der Waals surface area contributed by atoms with Gasteiger partial charge >= 0.3 is 13.2 Å². The fourth-order valence-corrected chi connectivity index (χ4v) is 4.85. The maximum absolute atomic E-state index is 13.7. The van der Waals surface area contributed by atoms with Gasteiger partial charge in [0, 0.05) is 25.2 Å². The molecular weight excluding hydrogens is 516 g/mol. The van der Waals surface area contributed by atoms with Gasteiger partial charge in [0.15, 0.2) is 0 Å². The van der Waals surface area contributed by atoms with Gasteiger partial charge in [0.25, 0.3) is 5.91 Å². The monoisotopic (exact) mass is 550 g/mol. The predicted octanol–water partition coefficient (Wildman–Crippen LogP) is 2.08. The van der Waals surface area contributed by atoms with Crippen molar-refractivity contribution in [2.75, 3.05) is 26.2 Å². The molecule has 2 saturated heterocycles. The third kappa shape index (κ3) is 8.21. The summed E-state index contributed by atoms with van der Waals surface area (Å²) in [6, 6.07) is 6.74. The summed E-state index contributed by atoms with van der Waals surface area (Å²) in [6.07, 6.45) is -0.789. The molecule has 1 aromatic carbocycles. The number of halogens is 3. The Morgan fingerprint density at radius 2 is 1.87 bits per heavy atom. The summed E-state index contributed by atoms with van der Waals surface area (Å²) in [5.74, 6) is -2.14. The molecule has 0 spiro atoms. The average molecular weight is 550 g/mol. The smallest absolute Gasteiger partial charge is 0.447 e. The quantitative estimate of drug-likeness (QED) is 0.244. The molecule has 2 heterocycles. The van der Waals surface area contributed by atoms with Crippen molar-refractivity contribution >= 4 is 19.1 Å². The van der Waals surface area contributed by atoms with Crippen LogP contribution < -0.4 is 5.32 Å². The number of benzene rings is 1. The third-order valence-electron chi connectivity index (χ3n) is 7.17. The first-order chi connectivity index (χ1) is 18.4. The van der Waals surface area contributed by atoms with Crippen LogP contribution in [0.5, 0.6) is 0 Å². The van der Waals surface area contributed by atoms with Gasteiger partial charge in [-0.05, 0) is 63.3 Å². The fourth-order valence-electron chi connectivity index (χ4n) is 4.85.